The number of hydrogen-bond acceptors (Lipinski definition) is 1. The standard InChI is InChI=1S/C15H13FO/c16-11-6-8-14(15(17)9-11)13-7-5-10-3-1-2-4-12(10)13/h1-4,6,8-9,13,17H,5,7H2. The summed E-state index contributed by atoms with van der Waals surface area (Å²) in [6.45, 7) is 0. The normalized spacial score (nSPS) is 18.1. The first-order valence-corrected chi connectivity index (χ1v) is 5.82. The molecular weight excluding hydrogens is 215 g/mol. The van der Waals surface area contributed by atoms with Crippen molar-refractivity contribution < 1.29 is 9.50 Å². The van der Waals surface area contributed by atoms with Gasteiger partial charge in [-0.2, -0.15) is 0 Å². The molecule has 0 bridgehead atoms. The fraction of sp³-hybridized carbons (Fsp3) is 0.200. The molecule has 0 fully saturated rings. The van der Waals surface area contributed by atoms with Crippen LogP contribution in [0.2, 0.25) is 0 Å². The van der Waals surface area contributed by atoms with Crippen molar-refractivity contribution in [3.05, 3.63) is 65.0 Å². The molecule has 2 heteroatoms. The van der Waals surface area contributed by atoms with Crippen molar-refractivity contribution in [3.8, 4) is 5.75 Å². The topological polar surface area (TPSA) is 20.2 Å². The minimum atomic E-state index is -0.391. The van der Waals surface area contributed by atoms with Crippen molar-refractivity contribution >= 4 is 0 Å². The second-order valence-corrected chi connectivity index (χ2v) is 4.49. The highest BCUT2D eigenvalue weighted by Gasteiger charge is 2.25. The van der Waals surface area contributed by atoms with E-state index in [1.165, 1.54) is 23.3 Å². The second-order valence-electron chi connectivity index (χ2n) is 4.49. The predicted octanol–water partition coefficient (Wildman–Crippen LogP) is 3.61. The van der Waals surface area contributed by atoms with Crippen LogP contribution >= 0.6 is 0 Å². The summed E-state index contributed by atoms with van der Waals surface area (Å²) < 4.78 is 13.0. The van der Waals surface area contributed by atoms with Crippen LogP contribution in [0.1, 0.15) is 29.0 Å². The molecule has 0 saturated heterocycles. The number of phenolic OH excluding ortho intramolecular Hbond substituents is 1. The minimum Gasteiger partial charge on any atom is -0.508 e. The monoisotopic (exact) mass is 228 g/mol. The van der Waals surface area contributed by atoms with Crippen LogP contribution in [0, 0.1) is 5.82 Å². The van der Waals surface area contributed by atoms with Gasteiger partial charge < -0.3 is 5.11 Å². The molecule has 1 unspecified atom stereocenters. The van der Waals surface area contributed by atoms with Gasteiger partial charge in [-0.25, -0.2) is 4.39 Å². The number of aromatic hydroxyl groups is 1. The molecule has 0 amide bonds. The maximum absolute atomic E-state index is 13.0. The average Bonchev–Trinajstić information content (AvgIpc) is 2.73. The number of halogens is 1. The highest BCUT2D eigenvalue weighted by Crippen LogP contribution is 2.41. The van der Waals surface area contributed by atoms with Gasteiger partial charge in [0.2, 0.25) is 0 Å². The van der Waals surface area contributed by atoms with Crippen LogP contribution in [0.3, 0.4) is 0 Å². The Bertz CT molecular complexity index is 563. The van der Waals surface area contributed by atoms with E-state index < -0.39 is 5.82 Å². The third-order valence-electron chi connectivity index (χ3n) is 3.50. The van der Waals surface area contributed by atoms with Crippen molar-refractivity contribution in [2.45, 2.75) is 18.8 Å². The second kappa shape index (κ2) is 3.88. The zero-order valence-electron chi connectivity index (χ0n) is 9.36. The van der Waals surface area contributed by atoms with Crippen molar-refractivity contribution in [1.29, 1.82) is 0 Å². The first kappa shape index (κ1) is 10.3. The van der Waals surface area contributed by atoms with Crippen molar-refractivity contribution in [2.75, 3.05) is 0 Å². The summed E-state index contributed by atoms with van der Waals surface area (Å²) in [5.41, 5.74) is 3.42. The minimum absolute atomic E-state index is 0.0618. The molecular formula is C15H13FO. The molecule has 86 valence electrons. The molecule has 0 spiro atoms. The van der Waals surface area contributed by atoms with Gasteiger partial charge in [-0.05, 0) is 30.0 Å². The molecule has 1 N–H and O–H groups in total. The van der Waals surface area contributed by atoms with Gasteiger partial charge in [0.05, 0.1) is 0 Å². The maximum atomic E-state index is 13.0. The Morgan fingerprint density at radius 1 is 1.06 bits per heavy atom. The zero-order valence-corrected chi connectivity index (χ0v) is 9.36. The van der Waals surface area contributed by atoms with Crippen LogP contribution < -0.4 is 0 Å². The van der Waals surface area contributed by atoms with Gasteiger partial charge in [-0.1, -0.05) is 30.3 Å². The molecule has 1 aliphatic rings. The molecule has 0 aromatic heterocycles. The Morgan fingerprint density at radius 3 is 2.71 bits per heavy atom. The number of phenols is 1. The van der Waals surface area contributed by atoms with Crippen molar-refractivity contribution in [3.63, 3.8) is 0 Å². The van der Waals surface area contributed by atoms with E-state index in [-0.39, 0.29) is 11.7 Å². The van der Waals surface area contributed by atoms with Gasteiger partial charge in [0.25, 0.3) is 0 Å². The number of benzene rings is 2. The van der Waals surface area contributed by atoms with Gasteiger partial charge in [-0.15, -0.1) is 0 Å². The van der Waals surface area contributed by atoms with Gasteiger partial charge in [0, 0.05) is 17.5 Å². The quantitative estimate of drug-likeness (QED) is 0.790. The molecule has 1 nitrogen and oxygen atoms in total. The van der Waals surface area contributed by atoms with Crippen LogP contribution in [0.15, 0.2) is 42.5 Å². The molecule has 1 aliphatic carbocycles. The Balaban J connectivity index is 2.07. The fourth-order valence-electron chi connectivity index (χ4n) is 2.69. The van der Waals surface area contributed by atoms with E-state index in [1.54, 1.807) is 6.07 Å². The predicted molar refractivity (Wildman–Crippen MR) is 64.7 cm³/mol. The van der Waals surface area contributed by atoms with Crippen LogP contribution in [-0.4, -0.2) is 5.11 Å². The largest absolute Gasteiger partial charge is 0.508 e. The first-order valence-electron chi connectivity index (χ1n) is 5.82. The molecule has 3 rings (SSSR count). The van der Waals surface area contributed by atoms with E-state index in [2.05, 4.69) is 12.1 Å². The van der Waals surface area contributed by atoms with Gasteiger partial charge in [0.1, 0.15) is 11.6 Å². The summed E-state index contributed by atoms with van der Waals surface area (Å²) in [5.74, 6) is -0.129. The highest BCUT2D eigenvalue weighted by atomic mass is 19.1. The summed E-state index contributed by atoms with van der Waals surface area (Å²) in [5, 5.41) is 9.84. The molecule has 17 heavy (non-hydrogen) atoms. The Kier molecular flexibility index (Phi) is 2.36. The Hall–Kier alpha value is -1.83. The van der Waals surface area contributed by atoms with Gasteiger partial charge >= 0.3 is 0 Å². The lowest BCUT2D eigenvalue weighted by atomic mass is 9.92. The van der Waals surface area contributed by atoms with Gasteiger partial charge in [0.15, 0.2) is 0 Å². The highest BCUT2D eigenvalue weighted by molar-refractivity contribution is 5.46. The van der Waals surface area contributed by atoms with Gasteiger partial charge in [-0.3, -0.25) is 0 Å². The first-order chi connectivity index (χ1) is 8.25. The Labute approximate surface area is 99.5 Å². The number of hydrogen-bond donors (Lipinski definition) is 1. The molecule has 2 aromatic carbocycles. The van der Waals surface area contributed by atoms with Crippen LogP contribution in [0.5, 0.6) is 5.75 Å². The third-order valence-corrected chi connectivity index (χ3v) is 3.50. The Morgan fingerprint density at radius 2 is 1.88 bits per heavy atom. The van der Waals surface area contributed by atoms with Crippen molar-refractivity contribution in [2.24, 2.45) is 0 Å². The van der Waals surface area contributed by atoms with E-state index in [1.807, 2.05) is 12.1 Å². The number of rotatable bonds is 1. The molecule has 2 aromatic rings. The smallest absolute Gasteiger partial charge is 0.126 e. The SMILES string of the molecule is Oc1cc(F)ccc1C1CCc2ccccc21. The van der Waals surface area contributed by atoms with E-state index in [0.29, 0.717) is 0 Å². The molecule has 0 aliphatic heterocycles. The van der Waals surface area contributed by atoms with Crippen LogP contribution in [0.25, 0.3) is 0 Å². The lowest BCUT2D eigenvalue weighted by Crippen LogP contribution is -1.96. The molecule has 1 atom stereocenters. The average molecular weight is 228 g/mol. The van der Waals surface area contributed by atoms with E-state index >= 15 is 0 Å². The number of fused-ring (bicyclic) bond motifs is 1. The summed E-state index contributed by atoms with van der Waals surface area (Å²) >= 11 is 0. The summed E-state index contributed by atoms with van der Waals surface area (Å²) in [4.78, 5) is 0. The van der Waals surface area contributed by atoms with Crippen LogP contribution in [-0.2, 0) is 6.42 Å². The zero-order chi connectivity index (χ0) is 11.8. The summed E-state index contributed by atoms with van der Waals surface area (Å²) in [6, 6.07) is 12.6. The van der Waals surface area contributed by atoms with E-state index in [0.717, 1.165) is 18.4 Å². The summed E-state index contributed by atoms with van der Waals surface area (Å²) in [6.07, 6.45) is 2.01. The lowest BCUT2D eigenvalue weighted by Gasteiger charge is -2.13. The van der Waals surface area contributed by atoms with Crippen LogP contribution in [0.4, 0.5) is 4.39 Å². The molecule has 0 radical (unpaired) electrons. The van der Waals surface area contributed by atoms with E-state index in [9.17, 15) is 9.50 Å². The molecule has 0 heterocycles. The lowest BCUT2D eigenvalue weighted by molar-refractivity contribution is 0.458. The van der Waals surface area contributed by atoms with Crippen molar-refractivity contribution in [1.82, 2.24) is 0 Å². The summed E-state index contributed by atoms with van der Waals surface area (Å²) in [7, 11) is 0. The molecule has 0 saturated carbocycles. The third kappa shape index (κ3) is 1.70. The fourth-order valence-corrected chi connectivity index (χ4v) is 2.69. The maximum Gasteiger partial charge on any atom is 0.126 e. The van der Waals surface area contributed by atoms with E-state index in [4.69, 9.17) is 0 Å². The number of aryl methyl sites for hydroxylation is 1.